The molecule has 0 atom stereocenters. The summed E-state index contributed by atoms with van der Waals surface area (Å²) in [7, 11) is 0. The number of fused-ring (bicyclic) bond motifs is 1. The minimum Gasteiger partial charge on any atom is -0.476 e. The number of benzene rings is 2. The SMILES string of the molecule is Cc1cc(/C=C/C(=O)c2cc3ccccc3nc2Cl)cc(C)c1OC(C)(C)C(=O)OC(C)(C)C. The van der Waals surface area contributed by atoms with Crippen molar-refractivity contribution in [3.63, 3.8) is 0 Å². The summed E-state index contributed by atoms with van der Waals surface area (Å²) >= 11 is 6.26. The van der Waals surface area contributed by atoms with Crippen LogP contribution < -0.4 is 4.74 Å². The lowest BCUT2D eigenvalue weighted by atomic mass is 10.0. The van der Waals surface area contributed by atoms with Crippen LogP contribution in [0.25, 0.3) is 17.0 Å². The zero-order valence-electron chi connectivity index (χ0n) is 20.7. The molecule has 2 aromatic carbocycles. The van der Waals surface area contributed by atoms with Crippen LogP contribution in [0, 0.1) is 13.8 Å². The molecule has 1 heterocycles. The number of pyridine rings is 1. The zero-order valence-corrected chi connectivity index (χ0v) is 21.4. The Bertz CT molecular complexity index is 1260. The number of hydrogen-bond donors (Lipinski definition) is 0. The van der Waals surface area contributed by atoms with Crippen molar-refractivity contribution in [3.05, 3.63) is 75.9 Å². The van der Waals surface area contributed by atoms with Crippen molar-refractivity contribution in [3.8, 4) is 5.75 Å². The fraction of sp³-hybridized carbons (Fsp3) is 0.321. The largest absolute Gasteiger partial charge is 0.476 e. The molecule has 0 spiro atoms. The van der Waals surface area contributed by atoms with Crippen LogP contribution in [0.2, 0.25) is 5.15 Å². The summed E-state index contributed by atoms with van der Waals surface area (Å²) in [5.74, 6) is -0.0553. The van der Waals surface area contributed by atoms with E-state index in [2.05, 4.69) is 4.98 Å². The molecule has 0 aliphatic carbocycles. The van der Waals surface area contributed by atoms with E-state index in [9.17, 15) is 9.59 Å². The Hall–Kier alpha value is -3.18. The quantitative estimate of drug-likeness (QED) is 0.166. The van der Waals surface area contributed by atoms with Gasteiger partial charge in [-0.25, -0.2) is 9.78 Å². The number of halogens is 1. The number of ether oxygens (including phenoxy) is 2. The summed E-state index contributed by atoms with van der Waals surface area (Å²) < 4.78 is 11.6. The molecule has 1 aromatic heterocycles. The van der Waals surface area contributed by atoms with Gasteiger partial charge >= 0.3 is 5.97 Å². The normalized spacial score (nSPS) is 12.2. The number of hydrogen-bond acceptors (Lipinski definition) is 5. The van der Waals surface area contributed by atoms with Crippen LogP contribution in [0.4, 0.5) is 0 Å². The van der Waals surface area contributed by atoms with Gasteiger partial charge in [0.15, 0.2) is 11.4 Å². The van der Waals surface area contributed by atoms with Crippen LogP contribution in [0.5, 0.6) is 5.75 Å². The predicted octanol–water partition coefficient (Wildman–Crippen LogP) is 6.90. The first kappa shape index (κ1) is 25.4. The monoisotopic (exact) mass is 479 g/mol. The average molecular weight is 480 g/mol. The van der Waals surface area contributed by atoms with E-state index in [4.69, 9.17) is 21.1 Å². The van der Waals surface area contributed by atoms with Crippen LogP contribution in [-0.2, 0) is 9.53 Å². The minimum atomic E-state index is -1.16. The van der Waals surface area contributed by atoms with Crippen molar-refractivity contribution in [2.45, 2.75) is 59.7 Å². The van der Waals surface area contributed by atoms with E-state index in [0.717, 1.165) is 27.6 Å². The van der Waals surface area contributed by atoms with Crippen molar-refractivity contribution in [2.24, 2.45) is 0 Å². The molecule has 178 valence electrons. The van der Waals surface area contributed by atoms with Gasteiger partial charge in [-0.15, -0.1) is 0 Å². The van der Waals surface area contributed by atoms with E-state index in [1.807, 2.05) is 71.0 Å². The number of aryl methyl sites for hydroxylation is 2. The number of allylic oxidation sites excluding steroid dienone is 1. The van der Waals surface area contributed by atoms with Gasteiger partial charge in [0.05, 0.1) is 11.1 Å². The Labute approximate surface area is 205 Å². The van der Waals surface area contributed by atoms with Gasteiger partial charge in [0.1, 0.15) is 16.5 Å². The average Bonchev–Trinajstić information content (AvgIpc) is 2.73. The molecule has 0 bridgehead atoms. The Morgan fingerprint density at radius 2 is 1.59 bits per heavy atom. The van der Waals surface area contributed by atoms with Crippen LogP contribution in [0.1, 0.15) is 61.7 Å². The first-order valence-corrected chi connectivity index (χ1v) is 11.5. The molecule has 0 saturated heterocycles. The Morgan fingerprint density at radius 3 is 2.21 bits per heavy atom. The summed E-state index contributed by atoms with van der Waals surface area (Å²) in [6, 6.07) is 13.1. The maximum atomic E-state index is 12.8. The number of esters is 1. The number of carbonyl (C=O) groups is 2. The molecular weight excluding hydrogens is 450 g/mol. The highest BCUT2D eigenvalue weighted by molar-refractivity contribution is 6.34. The second-order valence-electron chi connectivity index (χ2n) is 9.82. The minimum absolute atomic E-state index is 0.175. The molecule has 0 N–H and O–H groups in total. The van der Waals surface area contributed by atoms with E-state index in [0.29, 0.717) is 11.3 Å². The summed E-state index contributed by atoms with van der Waals surface area (Å²) in [6.07, 6.45) is 3.22. The molecule has 0 unspecified atom stereocenters. The van der Waals surface area contributed by atoms with E-state index in [1.165, 1.54) is 6.08 Å². The number of rotatable bonds is 6. The van der Waals surface area contributed by atoms with Gasteiger partial charge in [-0.1, -0.05) is 35.9 Å². The Kier molecular flexibility index (Phi) is 7.18. The lowest BCUT2D eigenvalue weighted by Crippen LogP contribution is -2.43. The van der Waals surface area contributed by atoms with Gasteiger partial charge in [0.2, 0.25) is 0 Å². The third kappa shape index (κ3) is 6.03. The van der Waals surface area contributed by atoms with Gasteiger partial charge in [0, 0.05) is 5.39 Å². The van der Waals surface area contributed by atoms with Crippen molar-refractivity contribution in [1.82, 2.24) is 4.98 Å². The van der Waals surface area contributed by atoms with E-state index >= 15 is 0 Å². The van der Waals surface area contributed by atoms with Gasteiger partial charge in [-0.05, 0) is 95.5 Å². The third-order valence-corrected chi connectivity index (χ3v) is 5.39. The number of nitrogens with zero attached hydrogens (tertiary/aromatic N) is 1. The second kappa shape index (κ2) is 9.59. The molecule has 0 aliphatic heterocycles. The lowest BCUT2D eigenvalue weighted by molar-refractivity contribution is -0.171. The van der Waals surface area contributed by atoms with E-state index in [1.54, 1.807) is 26.0 Å². The first-order valence-electron chi connectivity index (χ1n) is 11.1. The van der Waals surface area contributed by atoms with Crippen LogP contribution in [0.15, 0.2) is 48.5 Å². The molecule has 0 saturated carbocycles. The molecular formula is C28H30ClNO4. The highest BCUT2D eigenvalue weighted by Gasteiger charge is 2.35. The summed E-state index contributed by atoms with van der Waals surface area (Å²) in [5, 5.41) is 1.03. The maximum absolute atomic E-state index is 12.8. The molecule has 0 fully saturated rings. The standard InChI is InChI=1S/C28H30ClNO4/c1-17-14-19(15-18(2)24(17)33-28(6,7)26(32)34-27(3,4)5)12-13-23(31)21-16-20-10-8-9-11-22(20)30-25(21)29/h8-16H,1-7H3/b13-12+. The van der Waals surface area contributed by atoms with Gasteiger partial charge in [-0.2, -0.15) is 0 Å². The zero-order chi connectivity index (χ0) is 25.3. The number of para-hydroxylation sites is 1. The molecule has 0 amide bonds. The topological polar surface area (TPSA) is 65.5 Å². The summed E-state index contributed by atoms with van der Waals surface area (Å²) in [5.41, 5.74) is 1.84. The maximum Gasteiger partial charge on any atom is 0.350 e. The molecule has 0 aliphatic rings. The fourth-order valence-electron chi connectivity index (χ4n) is 3.47. The predicted molar refractivity (Wildman–Crippen MR) is 137 cm³/mol. The summed E-state index contributed by atoms with van der Waals surface area (Å²) in [4.78, 5) is 29.7. The number of carbonyl (C=O) groups excluding carboxylic acids is 2. The highest BCUT2D eigenvalue weighted by Crippen LogP contribution is 2.30. The molecule has 5 nitrogen and oxygen atoms in total. The molecule has 0 radical (unpaired) electrons. The van der Waals surface area contributed by atoms with Crippen LogP contribution in [0.3, 0.4) is 0 Å². The van der Waals surface area contributed by atoms with E-state index < -0.39 is 17.2 Å². The fourth-order valence-corrected chi connectivity index (χ4v) is 3.70. The molecule has 6 heteroatoms. The highest BCUT2D eigenvalue weighted by atomic mass is 35.5. The summed E-state index contributed by atoms with van der Waals surface area (Å²) in [6.45, 7) is 12.6. The van der Waals surface area contributed by atoms with Crippen LogP contribution in [-0.4, -0.2) is 27.9 Å². The number of ketones is 1. The van der Waals surface area contributed by atoms with Crippen molar-refractivity contribution < 1.29 is 19.1 Å². The van der Waals surface area contributed by atoms with E-state index in [-0.39, 0.29) is 10.9 Å². The molecule has 3 aromatic rings. The van der Waals surface area contributed by atoms with Gasteiger partial charge in [0.25, 0.3) is 0 Å². The van der Waals surface area contributed by atoms with Crippen molar-refractivity contribution in [2.75, 3.05) is 0 Å². The first-order chi connectivity index (χ1) is 15.8. The van der Waals surface area contributed by atoms with Crippen molar-refractivity contribution >= 4 is 40.3 Å². The number of aromatic nitrogens is 1. The van der Waals surface area contributed by atoms with Crippen molar-refractivity contribution in [1.29, 1.82) is 0 Å². The Balaban J connectivity index is 1.81. The smallest absolute Gasteiger partial charge is 0.350 e. The van der Waals surface area contributed by atoms with Crippen LogP contribution >= 0.6 is 11.6 Å². The lowest BCUT2D eigenvalue weighted by Gasteiger charge is -2.30. The second-order valence-corrected chi connectivity index (χ2v) is 10.2. The third-order valence-electron chi connectivity index (χ3n) is 5.10. The molecule has 34 heavy (non-hydrogen) atoms. The van der Waals surface area contributed by atoms with Gasteiger partial charge in [-0.3, -0.25) is 4.79 Å². The Morgan fingerprint density at radius 1 is 0.971 bits per heavy atom. The van der Waals surface area contributed by atoms with Gasteiger partial charge < -0.3 is 9.47 Å². The molecule has 3 rings (SSSR count).